The highest BCUT2D eigenvalue weighted by Gasteiger charge is 2.23. The Balaban J connectivity index is 1.65. The molecule has 1 amide bonds. The van der Waals surface area contributed by atoms with Gasteiger partial charge in [-0.3, -0.25) is 4.79 Å². The van der Waals surface area contributed by atoms with Gasteiger partial charge in [-0.25, -0.2) is 0 Å². The average Bonchev–Trinajstić information content (AvgIpc) is 2.74. The van der Waals surface area contributed by atoms with Crippen LogP contribution in [-0.2, 0) is 11.3 Å². The van der Waals surface area contributed by atoms with Gasteiger partial charge in [-0.05, 0) is 41.8 Å². The Morgan fingerprint density at radius 3 is 2.74 bits per heavy atom. The van der Waals surface area contributed by atoms with Gasteiger partial charge in [0, 0.05) is 18.1 Å². The SMILES string of the molecule is O=C(COc1ccc(Cl)cc1)N1CC[C@@H](O)c2ccccc2C1. The van der Waals surface area contributed by atoms with Gasteiger partial charge in [0.15, 0.2) is 6.61 Å². The Bertz CT molecular complexity index is 687. The number of ether oxygens (including phenoxy) is 1. The minimum Gasteiger partial charge on any atom is -0.484 e. The van der Waals surface area contributed by atoms with E-state index in [1.54, 1.807) is 29.2 Å². The maximum Gasteiger partial charge on any atom is 0.260 e. The fraction of sp³-hybridized carbons (Fsp3) is 0.278. The summed E-state index contributed by atoms with van der Waals surface area (Å²) in [6, 6.07) is 14.6. The van der Waals surface area contributed by atoms with Crippen molar-refractivity contribution < 1.29 is 14.6 Å². The molecule has 0 bridgehead atoms. The number of rotatable bonds is 3. The zero-order valence-corrected chi connectivity index (χ0v) is 13.4. The molecule has 0 saturated heterocycles. The molecular formula is C18H18ClNO3. The first kappa shape index (κ1) is 15.8. The average molecular weight is 332 g/mol. The number of amides is 1. The fourth-order valence-electron chi connectivity index (χ4n) is 2.70. The van der Waals surface area contributed by atoms with E-state index in [-0.39, 0.29) is 12.5 Å². The zero-order chi connectivity index (χ0) is 16.2. The van der Waals surface area contributed by atoms with Crippen LogP contribution in [0.3, 0.4) is 0 Å². The molecule has 1 aliphatic rings. The number of aliphatic hydroxyl groups excluding tert-OH is 1. The lowest BCUT2D eigenvalue weighted by atomic mass is 10.0. The van der Waals surface area contributed by atoms with Crippen molar-refractivity contribution >= 4 is 17.5 Å². The number of carbonyl (C=O) groups is 1. The molecule has 0 radical (unpaired) electrons. The number of aliphatic hydroxyl groups is 1. The Hall–Kier alpha value is -2.04. The van der Waals surface area contributed by atoms with Gasteiger partial charge in [-0.2, -0.15) is 0 Å². The van der Waals surface area contributed by atoms with Gasteiger partial charge < -0.3 is 14.7 Å². The predicted molar refractivity (Wildman–Crippen MR) is 88.4 cm³/mol. The molecule has 0 saturated carbocycles. The largest absolute Gasteiger partial charge is 0.484 e. The first-order valence-corrected chi connectivity index (χ1v) is 7.93. The van der Waals surface area contributed by atoms with Crippen molar-refractivity contribution in [2.24, 2.45) is 0 Å². The summed E-state index contributed by atoms with van der Waals surface area (Å²) in [7, 11) is 0. The quantitative estimate of drug-likeness (QED) is 0.939. The number of hydrogen-bond donors (Lipinski definition) is 1. The Morgan fingerprint density at radius 1 is 1.22 bits per heavy atom. The molecule has 1 N–H and O–H groups in total. The third kappa shape index (κ3) is 3.84. The second-order valence-corrected chi connectivity index (χ2v) is 6.00. The summed E-state index contributed by atoms with van der Waals surface area (Å²) in [5, 5.41) is 10.8. The van der Waals surface area contributed by atoms with Crippen molar-refractivity contribution in [2.75, 3.05) is 13.2 Å². The van der Waals surface area contributed by atoms with Crippen LogP contribution in [0.15, 0.2) is 48.5 Å². The highest BCUT2D eigenvalue weighted by Crippen LogP contribution is 2.26. The summed E-state index contributed by atoms with van der Waals surface area (Å²) < 4.78 is 5.52. The van der Waals surface area contributed by atoms with Crippen LogP contribution >= 0.6 is 11.6 Å². The molecule has 0 spiro atoms. The molecule has 1 atom stereocenters. The highest BCUT2D eigenvalue weighted by atomic mass is 35.5. The van der Waals surface area contributed by atoms with E-state index in [1.807, 2.05) is 24.3 Å². The molecule has 0 aliphatic carbocycles. The van der Waals surface area contributed by atoms with Crippen LogP contribution in [-0.4, -0.2) is 29.1 Å². The summed E-state index contributed by atoms with van der Waals surface area (Å²) in [4.78, 5) is 14.1. The van der Waals surface area contributed by atoms with E-state index in [9.17, 15) is 9.90 Å². The van der Waals surface area contributed by atoms with Crippen LogP contribution in [0.4, 0.5) is 0 Å². The predicted octanol–water partition coefficient (Wildman–Crippen LogP) is 3.18. The van der Waals surface area contributed by atoms with Crippen LogP contribution in [0.1, 0.15) is 23.7 Å². The van der Waals surface area contributed by atoms with Crippen molar-refractivity contribution in [2.45, 2.75) is 19.1 Å². The first-order chi connectivity index (χ1) is 11.1. The minimum atomic E-state index is -0.527. The maximum absolute atomic E-state index is 12.4. The van der Waals surface area contributed by atoms with Crippen LogP contribution in [0, 0.1) is 0 Å². The third-order valence-electron chi connectivity index (χ3n) is 3.98. The summed E-state index contributed by atoms with van der Waals surface area (Å²) in [6.07, 6.45) is 0.00476. The smallest absolute Gasteiger partial charge is 0.260 e. The van der Waals surface area contributed by atoms with Crippen LogP contribution < -0.4 is 4.74 Å². The van der Waals surface area contributed by atoms with Crippen molar-refractivity contribution in [3.63, 3.8) is 0 Å². The van der Waals surface area contributed by atoms with E-state index in [1.165, 1.54) is 0 Å². The lowest BCUT2D eigenvalue weighted by Crippen LogP contribution is -2.34. The number of fused-ring (bicyclic) bond motifs is 1. The van der Waals surface area contributed by atoms with E-state index in [0.29, 0.717) is 30.3 Å². The summed E-state index contributed by atoms with van der Waals surface area (Å²) in [6.45, 7) is 0.981. The van der Waals surface area contributed by atoms with Gasteiger partial charge in [0.05, 0.1) is 6.10 Å². The summed E-state index contributed by atoms with van der Waals surface area (Å²) >= 11 is 5.82. The number of hydrogen-bond acceptors (Lipinski definition) is 3. The van der Waals surface area contributed by atoms with E-state index in [2.05, 4.69) is 0 Å². The minimum absolute atomic E-state index is 0.0279. The molecule has 0 unspecified atom stereocenters. The standard InChI is InChI=1S/C18H18ClNO3/c19-14-5-7-15(8-6-14)23-12-18(22)20-10-9-17(21)16-4-2-1-3-13(16)11-20/h1-8,17,21H,9-12H2/t17-/m1/s1. The molecule has 0 aromatic heterocycles. The van der Waals surface area contributed by atoms with Crippen LogP contribution in [0.5, 0.6) is 5.75 Å². The number of halogens is 1. The molecule has 1 aliphatic heterocycles. The summed E-state index contributed by atoms with van der Waals surface area (Å²) in [5.74, 6) is 0.516. The van der Waals surface area contributed by atoms with E-state index in [0.717, 1.165) is 11.1 Å². The molecule has 4 nitrogen and oxygen atoms in total. The van der Waals surface area contributed by atoms with Crippen molar-refractivity contribution in [3.05, 3.63) is 64.7 Å². The normalized spacial score (nSPS) is 17.3. The second kappa shape index (κ2) is 7.02. The number of nitrogens with zero attached hydrogens (tertiary/aromatic N) is 1. The van der Waals surface area contributed by atoms with Gasteiger partial charge >= 0.3 is 0 Å². The van der Waals surface area contributed by atoms with Gasteiger partial charge in [-0.15, -0.1) is 0 Å². The first-order valence-electron chi connectivity index (χ1n) is 7.55. The topological polar surface area (TPSA) is 49.8 Å². The molecule has 2 aromatic carbocycles. The Labute approximate surface area is 140 Å². The van der Waals surface area contributed by atoms with Crippen molar-refractivity contribution in [3.8, 4) is 5.75 Å². The highest BCUT2D eigenvalue weighted by molar-refractivity contribution is 6.30. The molecular weight excluding hydrogens is 314 g/mol. The lowest BCUT2D eigenvalue weighted by Gasteiger charge is -2.21. The van der Waals surface area contributed by atoms with Crippen LogP contribution in [0.2, 0.25) is 5.02 Å². The van der Waals surface area contributed by atoms with Crippen molar-refractivity contribution in [1.29, 1.82) is 0 Å². The second-order valence-electron chi connectivity index (χ2n) is 5.56. The third-order valence-corrected chi connectivity index (χ3v) is 4.23. The van der Waals surface area contributed by atoms with E-state index >= 15 is 0 Å². The molecule has 120 valence electrons. The molecule has 1 heterocycles. The van der Waals surface area contributed by atoms with Gasteiger partial charge in [0.2, 0.25) is 0 Å². The van der Waals surface area contributed by atoms with E-state index < -0.39 is 6.10 Å². The fourth-order valence-corrected chi connectivity index (χ4v) is 2.83. The molecule has 23 heavy (non-hydrogen) atoms. The molecule has 2 aromatic rings. The number of carbonyl (C=O) groups excluding carboxylic acids is 1. The molecule has 3 rings (SSSR count). The molecule has 0 fully saturated rings. The Kier molecular flexibility index (Phi) is 4.84. The maximum atomic E-state index is 12.4. The van der Waals surface area contributed by atoms with Gasteiger partial charge in [-0.1, -0.05) is 35.9 Å². The van der Waals surface area contributed by atoms with Crippen LogP contribution in [0.25, 0.3) is 0 Å². The monoisotopic (exact) mass is 331 g/mol. The van der Waals surface area contributed by atoms with Gasteiger partial charge in [0.25, 0.3) is 5.91 Å². The van der Waals surface area contributed by atoms with Crippen molar-refractivity contribution in [1.82, 2.24) is 4.90 Å². The number of benzene rings is 2. The Morgan fingerprint density at radius 2 is 1.96 bits per heavy atom. The lowest BCUT2D eigenvalue weighted by molar-refractivity contribution is -0.134. The van der Waals surface area contributed by atoms with E-state index in [4.69, 9.17) is 16.3 Å². The summed E-state index contributed by atoms with van der Waals surface area (Å²) in [5.41, 5.74) is 1.89. The zero-order valence-electron chi connectivity index (χ0n) is 12.6. The van der Waals surface area contributed by atoms with Gasteiger partial charge in [0.1, 0.15) is 5.75 Å². The molecule has 5 heteroatoms.